The topological polar surface area (TPSA) is 20.2 Å². The second kappa shape index (κ2) is 6.38. The molecule has 0 aromatic heterocycles. The number of aliphatic hydroxyl groups is 1. The van der Waals surface area contributed by atoms with Gasteiger partial charge in [0.05, 0.1) is 10.6 Å². The van der Waals surface area contributed by atoms with Crippen LogP contribution in [0.4, 0.5) is 4.39 Å². The molecule has 20 heavy (non-hydrogen) atoms. The number of hydrogen-bond donors (Lipinski definition) is 1. The van der Waals surface area contributed by atoms with Gasteiger partial charge >= 0.3 is 0 Å². The van der Waals surface area contributed by atoms with E-state index in [0.29, 0.717) is 19.3 Å². The normalized spacial score (nSPS) is 14.0. The lowest BCUT2D eigenvalue weighted by Gasteiger charge is -2.27. The summed E-state index contributed by atoms with van der Waals surface area (Å²) in [7, 11) is 0. The van der Waals surface area contributed by atoms with Gasteiger partial charge in [-0.2, -0.15) is 0 Å². The molecule has 2 aromatic rings. The Bertz CT molecular complexity index is 570. The van der Waals surface area contributed by atoms with Gasteiger partial charge in [0.1, 0.15) is 5.82 Å². The van der Waals surface area contributed by atoms with Gasteiger partial charge < -0.3 is 5.11 Å². The Morgan fingerprint density at radius 2 is 1.70 bits per heavy atom. The van der Waals surface area contributed by atoms with E-state index in [9.17, 15) is 9.50 Å². The van der Waals surface area contributed by atoms with Crippen LogP contribution in [0.3, 0.4) is 0 Å². The monoisotopic (exact) mass is 292 g/mol. The molecule has 0 fully saturated rings. The Kier molecular flexibility index (Phi) is 4.79. The molecule has 1 unspecified atom stereocenters. The average Bonchev–Trinajstić information content (AvgIpc) is 2.44. The van der Waals surface area contributed by atoms with Gasteiger partial charge in [-0.1, -0.05) is 54.9 Å². The molecule has 1 atom stereocenters. The third kappa shape index (κ3) is 3.81. The zero-order chi connectivity index (χ0) is 14.6. The summed E-state index contributed by atoms with van der Waals surface area (Å²) < 4.78 is 13.5. The molecule has 0 radical (unpaired) electrons. The molecule has 106 valence electrons. The molecule has 0 spiro atoms. The van der Waals surface area contributed by atoms with Crippen molar-refractivity contribution < 1.29 is 9.50 Å². The van der Waals surface area contributed by atoms with Gasteiger partial charge in [-0.15, -0.1) is 0 Å². The Morgan fingerprint density at radius 3 is 2.30 bits per heavy atom. The van der Waals surface area contributed by atoms with E-state index in [1.54, 1.807) is 6.07 Å². The van der Waals surface area contributed by atoms with Crippen molar-refractivity contribution in [2.45, 2.75) is 31.8 Å². The summed E-state index contributed by atoms with van der Waals surface area (Å²) >= 11 is 5.68. The molecule has 0 saturated carbocycles. The van der Waals surface area contributed by atoms with Crippen molar-refractivity contribution in [2.75, 3.05) is 0 Å². The van der Waals surface area contributed by atoms with Crippen molar-refractivity contribution in [3.63, 3.8) is 0 Å². The molecule has 0 heterocycles. The van der Waals surface area contributed by atoms with E-state index in [-0.39, 0.29) is 5.02 Å². The fourth-order valence-electron chi connectivity index (χ4n) is 2.32. The summed E-state index contributed by atoms with van der Waals surface area (Å²) in [6.45, 7) is 1.94. The highest BCUT2D eigenvalue weighted by atomic mass is 35.5. The van der Waals surface area contributed by atoms with Gasteiger partial charge in [0, 0.05) is 12.8 Å². The first-order chi connectivity index (χ1) is 9.52. The van der Waals surface area contributed by atoms with E-state index >= 15 is 0 Å². The van der Waals surface area contributed by atoms with Crippen LogP contribution in [0.1, 0.15) is 24.5 Å². The summed E-state index contributed by atoms with van der Waals surface area (Å²) in [6, 6.07) is 14.5. The first-order valence-electron chi connectivity index (χ1n) is 6.73. The summed E-state index contributed by atoms with van der Waals surface area (Å²) in [5.74, 6) is -0.442. The first kappa shape index (κ1) is 15.0. The Morgan fingerprint density at radius 1 is 1.05 bits per heavy atom. The predicted molar refractivity (Wildman–Crippen MR) is 80.5 cm³/mol. The van der Waals surface area contributed by atoms with E-state index in [2.05, 4.69) is 0 Å². The van der Waals surface area contributed by atoms with Crippen molar-refractivity contribution in [3.8, 4) is 0 Å². The fraction of sp³-hybridized carbons (Fsp3) is 0.294. The SMILES string of the molecule is CCC(O)(Cc1ccccc1)Cc1ccc(Cl)c(F)c1. The summed E-state index contributed by atoms with van der Waals surface area (Å²) in [6.07, 6.45) is 1.56. The third-order valence-corrected chi connectivity index (χ3v) is 3.86. The molecular weight excluding hydrogens is 275 g/mol. The predicted octanol–water partition coefficient (Wildman–Crippen LogP) is 4.41. The average molecular weight is 293 g/mol. The van der Waals surface area contributed by atoms with Crippen LogP contribution in [0, 0.1) is 5.82 Å². The molecular formula is C17H18ClFO. The van der Waals surface area contributed by atoms with Crippen molar-refractivity contribution in [2.24, 2.45) is 0 Å². The fourth-order valence-corrected chi connectivity index (χ4v) is 2.44. The van der Waals surface area contributed by atoms with Crippen LogP contribution in [0.5, 0.6) is 0 Å². The molecule has 0 aliphatic heterocycles. The number of hydrogen-bond acceptors (Lipinski definition) is 1. The van der Waals surface area contributed by atoms with E-state index in [1.165, 1.54) is 12.1 Å². The summed E-state index contributed by atoms with van der Waals surface area (Å²) in [5, 5.41) is 10.8. The van der Waals surface area contributed by atoms with Crippen LogP contribution in [-0.4, -0.2) is 10.7 Å². The van der Waals surface area contributed by atoms with Crippen LogP contribution < -0.4 is 0 Å². The van der Waals surface area contributed by atoms with Crippen LogP contribution in [0.25, 0.3) is 0 Å². The molecule has 1 N–H and O–H groups in total. The van der Waals surface area contributed by atoms with Crippen molar-refractivity contribution in [3.05, 3.63) is 70.5 Å². The number of benzene rings is 2. The van der Waals surface area contributed by atoms with E-state index in [1.807, 2.05) is 37.3 Å². The minimum Gasteiger partial charge on any atom is -0.389 e. The van der Waals surface area contributed by atoms with Gasteiger partial charge in [0.2, 0.25) is 0 Å². The zero-order valence-electron chi connectivity index (χ0n) is 11.4. The molecule has 0 aliphatic carbocycles. The van der Waals surface area contributed by atoms with Crippen molar-refractivity contribution in [1.82, 2.24) is 0 Å². The number of halogens is 2. The second-order valence-electron chi connectivity index (χ2n) is 5.17. The lowest BCUT2D eigenvalue weighted by atomic mass is 9.86. The molecule has 2 aromatic carbocycles. The van der Waals surface area contributed by atoms with E-state index in [0.717, 1.165) is 11.1 Å². The van der Waals surface area contributed by atoms with Crippen molar-refractivity contribution >= 4 is 11.6 Å². The maximum atomic E-state index is 13.5. The molecule has 0 saturated heterocycles. The first-order valence-corrected chi connectivity index (χ1v) is 7.10. The number of rotatable bonds is 5. The molecule has 3 heteroatoms. The Balaban J connectivity index is 2.16. The van der Waals surface area contributed by atoms with Gasteiger partial charge in [-0.05, 0) is 29.7 Å². The van der Waals surface area contributed by atoms with Crippen molar-refractivity contribution in [1.29, 1.82) is 0 Å². The second-order valence-corrected chi connectivity index (χ2v) is 5.57. The molecule has 0 bridgehead atoms. The largest absolute Gasteiger partial charge is 0.389 e. The minimum absolute atomic E-state index is 0.108. The maximum Gasteiger partial charge on any atom is 0.142 e. The lowest BCUT2D eigenvalue weighted by molar-refractivity contribution is 0.0368. The van der Waals surface area contributed by atoms with E-state index in [4.69, 9.17) is 11.6 Å². The highest BCUT2D eigenvalue weighted by Gasteiger charge is 2.25. The smallest absolute Gasteiger partial charge is 0.142 e. The third-order valence-electron chi connectivity index (χ3n) is 3.55. The van der Waals surface area contributed by atoms with Crippen LogP contribution in [-0.2, 0) is 12.8 Å². The molecule has 0 aliphatic rings. The standard InChI is InChI=1S/C17H18ClFO/c1-2-17(20,11-13-6-4-3-5-7-13)12-14-8-9-15(18)16(19)10-14/h3-10,20H,2,11-12H2,1H3. The van der Waals surface area contributed by atoms with Gasteiger partial charge in [0.25, 0.3) is 0 Å². The molecule has 1 nitrogen and oxygen atoms in total. The van der Waals surface area contributed by atoms with Crippen LogP contribution in [0.2, 0.25) is 5.02 Å². The van der Waals surface area contributed by atoms with Gasteiger partial charge in [-0.25, -0.2) is 4.39 Å². The molecule has 2 rings (SSSR count). The van der Waals surface area contributed by atoms with Crippen LogP contribution in [0.15, 0.2) is 48.5 Å². The van der Waals surface area contributed by atoms with Crippen LogP contribution >= 0.6 is 11.6 Å². The Hall–Kier alpha value is -1.38. The highest BCUT2D eigenvalue weighted by Crippen LogP contribution is 2.24. The van der Waals surface area contributed by atoms with E-state index < -0.39 is 11.4 Å². The highest BCUT2D eigenvalue weighted by molar-refractivity contribution is 6.30. The quantitative estimate of drug-likeness (QED) is 0.866. The Labute approximate surface area is 124 Å². The van der Waals surface area contributed by atoms with Gasteiger partial charge in [-0.3, -0.25) is 0 Å². The minimum atomic E-state index is -0.873. The zero-order valence-corrected chi connectivity index (χ0v) is 12.2. The summed E-state index contributed by atoms with van der Waals surface area (Å²) in [5.41, 5.74) is 0.959. The molecule has 0 amide bonds. The lowest BCUT2D eigenvalue weighted by Crippen LogP contribution is -2.33. The summed E-state index contributed by atoms with van der Waals surface area (Å²) in [4.78, 5) is 0. The maximum absolute atomic E-state index is 13.5. The van der Waals surface area contributed by atoms with Gasteiger partial charge in [0.15, 0.2) is 0 Å².